The zero-order valence-corrected chi connectivity index (χ0v) is 15.8. The first-order chi connectivity index (χ1) is 13.1. The number of piperidine rings is 1. The van der Waals surface area contributed by atoms with Gasteiger partial charge in [-0.05, 0) is 37.5 Å². The Labute approximate surface area is 160 Å². The fourth-order valence-corrected chi connectivity index (χ4v) is 4.43. The second-order valence-electron chi connectivity index (χ2n) is 6.58. The zero-order chi connectivity index (χ0) is 18.8. The van der Waals surface area contributed by atoms with Crippen molar-refractivity contribution in [1.82, 2.24) is 15.0 Å². The lowest BCUT2D eigenvalue weighted by atomic mass is 10.1. The second-order valence-corrected chi connectivity index (χ2v) is 7.58. The number of aromatic carboxylic acids is 1. The molecule has 1 aliphatic heterocycles. The molecule has 4 heterocycles. The largest absolute Gasteiger partial charge is 0.477 e. The molecule has 1 aliphatic rings. The van der Waals surface area contributed by atoms with Crippen molar-refractivity contribution in [3.63, 3.8) is 0 Å². The summed E-state index contributed by atoms with van der Waals surface area (Å²) in [6.45, 7) is 3.90. The molecule has 140 valence electrons. The van der Waals surface area contributed by atoms with Gasteiger partial charge in [-0.15, -0.1) is 11.3 Å². The number of hydrogen-bond donors (Lipinski definition) is 1. The lowest BCUT2D eigenvalue weighted by Gasteiger charge is -2.33. The van der Waals surface area contributed by atoms with E-state index in [9.17, 15) is 9.90 Å². The van der Waals surface area contributed by atoms with Crippen molar-refractivity contribution in [3.8, 4) is 0 Å². The maximum Gasteiger partial charge on any atom is 0.346 e. The Morgan fingerprint density at radius 2 is 2.26 bits per heavy atom. The molecular formula is C19H20N4O3S. The van der Waals surface area contributed by atoms with Gasteiger partial charge in [-0.25, -0.2) is 14.8 Å². The van der Waals surface area contributed by atoms with Crippen LogP contribution >= 0.6 is 11.3 Å². The summed E-state index contributed by atoms with van der Waals surface area (Å²) < 4.78 is 6.07. The number of carboxylic acids is 1. The SMILES string of the molecule is Cc1c(C(=O)O)sc2ncnc(N3CCCC(OCc4ccccn4)C3)c12. The third kappa shape index (κ3) is 3.63. The number of thiophene rings is 1. The van der Waals surface area contributed by atoms with E-state index in [1.165, 1.54) is 17.7 Å². The van der Waals surface area contributed by atoms with Gasteiger partial charge in [-0.1, -0.05) is 6.07 Å². The number of pyridine rings is 1. The van der Waals surface area contributed by atoms with Crippen molar-refractivity contribution in [2.45, 2.75) is 32.5 Å². The Hall–Kier alpha value is -2.58. The van der Waals surface area contributed by atoms with Crippen molar-refractivity contribution < 1.29 is 14.6 Å². The van der Waals surface area contributed by atoms with Crippen molar-refractivity contribution in [2.24, 2.45) is 0 Å². The quantitative estimate of drug-likeness (QED) is 0.722. The van der Waals surface area contributed by atoms with E-state index >= 15 is 0 Å². The number of anilines is 1. The van der Waals surface area contributed by atoms with Crippen molar-refractivity contribution in [2.75, 3.05) is 18.0 Å². The monoisotopic (exact) mass is 384 g/mol. The lowest BCUT2D eigenvalue weighted by molar-refractivity contribution is 0.0297. The second kappa shape index (κ2) is 7.58. The predicted octanol–water partition coefficient (Wildman–Crippen LogP) is 3.28. The number of aromatic nitrogens is 3. The Bertz CT molecular complexity index is 960. The third-order valence-corrected chi connectivity index (χ3v) is 5.96. The average Bonchev–Trinajstić information content (AvgIpc) is 3.05. The van der Waals surface area contributed by atoms with E-state index < -0.39 is 5.97 Å². The zero-order valence-electron chi connectivity index (χ0n) is 15.0. The van der Waals surface area contributed by atoms with E-state index in [1.807, 2.05) is 25.1 Å². The minimum atomic E-state index is -0.920. The molecule has 0 amide bonds. The number of carbonyl (C=O) groups is 1. The van der Waals surface area contributed by atoms with E-state index in [1.54, 1.807) is 6.20 Å². The number of rotatable bonds is 5. The molecule has 3 aromatic rings. The van der Waals surface area contributed by atoms with Crippen LogP contribution in [0, 0.1) is 6.92 Å². The van der Waals surface area contributed by atoms with Crippen molar-refractivity contribution in [3.05, 3.63) is 46.9 Å². The average molecular weight is 384 g/mol. The van der Waals surface area contributed by atoms with Gasteiger partial charge in [-0.3, -0.25) is 4.98 Å². The Morgan fingerprint density at radius 1 is 1.37 bits per heavy atom. The highest BCUT2D eigenvalue weighted by atomic mass is 32.1. The molecule has 3 aromatic heterocycles. The van der Waals surface area contributed by atoms with Gasteiger partial charge in [0.2, 0.25) is 0 Å². The van der Waals surface area contributed by atoms with Gasteiger partial charge in [-0.2, -0.15) is 0 Å². The number of carboxylic acid groups (broad SMARTS) is 1. The van der Waals surface area contributed by atoms with Crippen LogP contribution in [0.4, 0.5) is 5.82 Å². The molecule has 1 unspecified atom stereocenters. The number of hydrogen-bond acceptors (Lipinski definition) is 7. The molecule has 0 bridgehead atoms. The van der Waals surface area contributed by atoms with Crippen LogP contribution in [-0.4, -0.2) is 45.2 Å². The Balaban J connectivity index is 1.55. The smallest absolute Gasteiger partial charge is 0.346 e. The first-order valence-corrected chi connectivity index (χ1v) is 9.69. The molecular weight excluding hydrogens is 364 g/mol. The first-order valence-electron chi connectivity index (χ1n) is 8.87. The van der Waals surface area contributed by atoms with Crippen LogP contribution in [-0.2, 0) is 11.3 Å². The highest BCUT2D eigenvalue weighted by Gasteiger charge is 2.26. The van der Waals surface area contributed by atoms with E-state index in [2.05, 4.69) is 19.9 Å². The minimum absolute atomic E-state index is 0.0867. The molecule has 0 radical (unpaired) electrons. The van der Waals surface area contributed by atoms with Crippen LogP contribution in [0.5, 0.6) is 0 Å². The summed E-state index contributed by atoms with van der Waals surface area (Å²) in [6.07, 6.45) is 5.35. The number of fused-ring (bicyclic) bond motifs is 1. The van der Waals surface area contributed by atoms with E-state index in [0.29, 0.717) is 16.3 Å². The molecule has 0 aromatic carbocycles. The summed E-state index contributed by atoms with van der Waals surface area (Å²) in [4.78, 5) is 27.7. The van der Waals surface area contributed by atoms with E-state index in [-0.39, 0.29) is 6.10 Å². The van der Waals surface area contributed by atoms with Crippen LogP contribution in [0.25, 0.3) is 10.2 Å². The molecule has 0 spiro atoms. The van der Waals surface area contributed by atoms with Crippen LogP contribution in [0.1, 0.15) is 33.8 Å². The molecule has 1 fully saturated rings. The highest BCUT2D eigenvalue weighted by Crippen LogP contribution is 2.35. The number of aryl methyl sites for hydroxylation is 1. The molecule has 4 rings (SSSR count). The van der Waals surface area contributed by atoms with Crippen LogP contribution in [0.2, 0.25) is 0 Å². The topological polar surface area (TPSA) is 88.4 Å². The summed E-state index contributed by atoms with van der Waals surface area (Å²) in [5, 5.41) is 10.2. The maximum absolute atomic E-state index is 11.5. The molecule has 0 saturated carbocycles. The molecule has 1 atom stereocenters. The Morgan fingerprint density at radius 3 is 3.04 bits per heavy atom. The summed E-state index contributed by atoms with van der Waals surface area (Å²) >= 11 is 1.20. The third-order valence-electron chi connectivity index (χ3n) is 4.77. The first kappa shape index (κ1) is 17.8. The summed E-state index contributed by atoms with van der Waals surface area (Å²) in [7, 11) is 0. The standard InChI is InChI=1S/C19H20N4O3S/c1-12-15-17(21-11-22-18(15)27-16(12)19(24)25)23-8-4-6-14(9-23)26-10-13-5-2-3-7-20-13/h2-3,5,7,11,14H,4,6,8-10H2,1H3,(H,24,25). The van der Waals surface area contributed by atoms with Gasteiger partial charge in [0.15, 0.2) is 0 Å². The maximum atomic E-state index is 11.5. The highest BCUT2D eigenvalue weighted by molar-refractivity contribution is 7.20. The summed E-state index contributed by atoms with van der Waals surface area (Å²) in [6, 6.07) is 5.80. The van der Waals surface area contributed by atoms with E-state index in [4.69, 9.17) is 4.74 Å². The molecule has 1 N–H and O–H groups in total. The molecule has 7 nitrogen and oxygen atoms in total. The van der Waals surface area contributed by atoms with Gasteiger partial charge in [0.25, 0.3) is 0 Å². The fourth-order valence-electron chi connectivity index (χ4n) is 3.45. The van der Waals surface area contributed by atoms with Crippen LogP contribution in [0.3, 0.4) is 0 Å². The van der Waals surface area contributed by atoms with Gasteiger partial charge < -0.3 is 14.7 Å². The van der Waals surface area contributed by atoms with Crippen molar-refractivity contribution in [1.29, 1.82) is 0 Å². The molecule has 0 aliphatic carbocycles. The van der Waals surface area contributed by atoms with Gasteiger partial charge in [0.05, 0.1) is 23.8 Å². The molecule has 8 heteroatoms. The van der Waals surface area contributed by atoms with Crippen molar-refractivity contribution >= 4 is 33.3 Å². The number of nitrogens with zero attached hydrogens (tertiary/aromatic N) is 4. The van der Waals surface area contributed by atoms with Crippen LogP contribution in [0.15, 0.2) is 30.7 Å². The van der Waals surface area contributed by atoms with Crippen LogP contribution < -0.4 is 4.90 Å². The van der Waals surface area contributed by atoms with Gasteiger partial charge in [0, 0.05) is 19.3 Å². The minimum Gasteiger partial charge on any atom is -0.477 e. The molecule has 1 saturated heterocycles. The molecule has 27 heavy (non-hydrogen) atoms. The lowest BCUT2D eigenvalue weighted by Crippen LogP contribution is -2.40. The van der Waals surface area contributed by atoms with Gasteiger partial charge in [0.1, 0.15) is 21.9 Å². The van der Waals surface area contributed by atoms with E-state index in [0.717, 1.165) is 48.4 Å². The fraction of sp³-hybridized carbons (Fsp3) is 0.368. The Kier molecular flexibility index (Phi) is 5.00. The predicted molar refractivity (Wildman–Crippen MR) is 103 cm³/mol. The summed E-state index contributed by atoms with van der Waals surface area (Å²) in [5.41, 5.74) is 1.65. The number of ether oxygens (including phenoxy) is 1. The summed E-state index contributed by atoms with van der Waals surface area (Å²) in [5.74, 6) is -0.121. The van der Waals surface area contributed by atoms with Gasteiger partial charge >= 0.3 is 5.97 Å². The normalized spacial score (nSPS) is 17.4.